The number of rotatable bonds is 16. The first-order valence-electron chi connectivity index (χ1n) is 10.9. The lowest BCUT2D eigenvalue weighted by Gasteiger charge is -2.08. The van der Waals surface area contributed by atoms with E-state index in [1.165, 1.54) is 75.7 Å². The van der Waals surface area contributed by atoms with Crippen LogP contribution in [0.15, 0.2) is 12.3 Å². The Morgan fingerprint density at radius 3 is 1.93 bits per heavy atom. The van der Waals surface area contributed by atoms with Gasteiger partial charge in [-0.1, -0.05) is 78.1 Å². The lowest BCUT2D eigenvalue weighted by molar-refractivity contribution is 0.287. The second-order valence-corrected chi connectivity index (χ2v) is 8.01. The Labute approximate surface area is 168 Å². The maximum Gasteiger partial charge on any atom is 0.238 e. The molecule has 0 fully saturated rings. The summed E-state index contributed by atoms with van der Waals surface area (Å²) in [4.78, 5) is 4.43. The van der Waals surface area contributed by atoms with Crippen LogP contribution in [0.2, 0.25) is 0 Å². The van der Waals surface area contributed by atoms with Gasteiger partial charge in [-0.05, 0) is 30.4 Å². The molecule has 0 aromatic carbocycles. The van der Waals surface area contributed by atoms with E-state index in [1.54, 1.807) is 6.20 Å². The van der Waals surface area contributed by atoms with Crippen molar-refractivity contribution in [3.05, 3.63) is 12.3 Å². The van der Waals surface area contributed by atoms with Crippen molar-refractivity contribution in [1.82, 2.24) is 9.36 Å². The minimum absolute atomic E-state index is 0.674. The van der Waals surface area contributed by atoms with Crippen molar-refractivity contribution >= 4 is 21.6 Å². The largest absolute Gasteiger partial charge is 0.477 e. The molecule has 2 aromatic heterocycles. The molecule has 0 amide bonds. The highest BCUT2D eigenvalue weighted by Crippen LogP contribution is 2.35. The summed E-state index contributed by atoms with van der Waals surface area (Å²) in [6.07, 6.45) is 16.9. The van der Waals surface area contributed by atoms with Crippen LogP contribution >= 0.6 is 11.5 Å². The maximum atomic E-state index is 5.97. The Morgan fingerprint density at radius 2 is 1.30 bits per heavy atom. The number of ether oxygens (including phenoxy) is 2. The van der Waals surface area contributed by atoms with Crippen molar-refractivity contribution in [3.63, 3.8) is 0 Å². The average molecular weight is 393 g/mol. The number of fused-ring (bicyclic) bond motifs is 1. The van der Waals surface area contributed by atoms with E-state index in [0.717, 1.165) is 29.5 Å². The topological polar surface area (TPSA) is 44.2 Å². The van der Waals surface area contributed by atoms with Gasteiger partial charge in [0.1, 0.15) is 5.39 Å². The molecule has 4 nitrogen and oxygen atoms in total. The Kier molecular flexibility index (Phi) is 11.2. The Bertz CT molecular complexity index is 630. The van der Waals surface area contributed by atoms with E-state index in [0.29, 0.717) is 18.4 Å². The maximum absolute atomic E-state index is 5.97. The fourth-order valence-corrected chi connectivity index (χ4v) is 3.86. The third-order valence-electron chi connectivity index (χ3n) is 4.79. The van der Waals surface area contributed by atoms with E-state index < -0.39 is 0 Å². The average Bonchev–Trinajstić information content (AvgIpc) is 3.10. The molecule has 2 heterocycles. The molecule has 0 aliphatic heterocycles. The predicted molar refractivity (Wildman–Crippen MR) is 115 cm³/mol. The van der Waals surface area contributed by atoms with Gasteiger partial charge in [0.2, 0.25) is 11.8 Å². The van der Waals surface area contributed by atoms with Crippen LogP contribution in [-0.4, -0.2) is 22.6 Å². The van der Waals surface area contributed by atoms with Gasteiger partial charge >= 0.3 is 0 Å². The van der Waals surface area contributed by atoms with Crippen LogP contribution in [0.25, 0.3) is 10.1 Å². The number of unbranched alkanes of at least 4 members (excludes halogenated alkanes) is 10. The summed E-state index contributed by atoms with van der Waals surface area (Å²) in [6, 6.07) is 1.99. The zero-order valence-corrected chi connectivity index (χ0v) is 18.0. The van der Waals surface area contributed by atoms with Gasteiger partial charge in [-0.2, -0.15) is 4.37 Å². The van der Waals surface area contributed by atoms with Crippen LogP contribution < -0.4 is 9.47 Å². The number of nitrogens with zero attached hydrogens (tertiary/aromatic N) is 2. The molecule has 0 atom stereocenters. The standard InChI is InChI=1S/C22H36N2O2S/c1-3-5-7-9-11-13-17-25-21-20-19(15-16-23-21)27-24-22(20)26-18-14-12-10-8-6-4-2/h15-16H,3-14,17-18H2,1-2H3. The van der Waals surface area contributed by atoms with Crippen LogP contribution in [0.5, 0.6) is 11.8 Å². The molecule has 0 saturated heterocycles. The van der Waals surface area contributed by atoms with Crippen molar-refractivity contribution in [2.45, 2.75) is 90.9 Å². The van der Waals surface area contributed by atoms with E-state index in [2.05, 4.69) is 23.2 Å². The highest BCUT2D eigenvalue weighted by molar-refractivity contribution is 7.13. The second kappa shape index (κ2) is 13.8. The molecule has 5 heteroatoms. The Balaban J connectivity index is 1.77. The minimum atomic E-state index is 0.674. The first-order valence-corrected chi connectivity index (χ1v) is 11.6. The molecule has 0 spiro atoms. The molecule has 2 rings (SSSR count). The van der Waals surface area contributed by atoms with Gasteiger partial charge in [0, 0.05) is 6.20 Å². The number of hydrogen-bond donors (Lipinski definition) is 0. The van der Waals surface area contributed by atoms with Crippen LogP contribution in [-0.2, 0) is 0 Å². The lowest BCUT2D eigenvalue weighted by Crippen LogP contribution is -2.01. The normalized spacial score (nSPS) is 11.2. The summed E-state index contributed by atoms with van der Waals surface area (Å²) >= 11 is 1.46. The summed E-state index contributed by atoms with van der Waals surface area (Å²) in [5, 5.41) is 0.944. The molecule has 0 radical (unpaired) electrons. The second-order valence-electron chi connectivity index (χ2n) is 7.21. The van der Waals surface area contributed by atoms with Crippen LogP contribution in [0.1, 0.15) is 90.9 Å². The number of aromatic nitrogens is 2. The van der Waals surface area contributed by atoms with Crippen molar-refractivity contribution in [2.24, 2.45) is 0 Å². The monoisotopic (exact) mass is 392 g/mol. The highest BCUT2D eigenvalue weighted by atomic mass is 32.1. The van der Waals surface area contributed by atoms with Gasteiger partial charge in [0.05, 0.1) is 17.9 Å². The van der Waals surface area contributed by atoms with Gasteiger partial charge in [-0.25, -0.2) is 4.98 Å². The summed E-state index contributed by atoms with van der Waals surface area (Å²) < 4.78 is 17.5. The summed E-state index contributed by atoms with van der Waals surface area (Å²) in [7, 11) is 0. The molecule has 0 unspecified atom stereocenters. The first kappa shape index (κ1) is 21.9. The quantitative estimate of drug-likeness (QED) is 0.284. The molecule has 0 bridgehead atoms. The van der Waals surface area contributed by atoms with Gasteiger partial charge < -0.3 is 9.47 Å². The molecule has 2 aromatic rings. The molecule has 0 aliphatic rings. The molecular formula is C22H36N2O2S. The molecular weight excluding hydrogens is 356 g/mol. The Morgan fingerprint density at radius 1 is 0.741 bits per heavy atom. The van der Waals surface area contributed by atoms with E-state index in [4.69, 9.17) is 9.47 Å². The van der Waals surface area contributed by atoms with Crippen LogP contribution in [0, 0.1) is 0 Å². The molecule has 0 N–H and O–H groups in total. The Hall–Kier alpha value is -1.36. The smallest absolute Gasteiger partial charge is 0.238 e. The molecule has 152 valence electrons. The van der Waals surface area contributed by atoms with Crippen molar-refractivity contribution in [2.75, 3.05) is 13.2 Å². The van der Waals surface area contributed by atoms with E-state index >= 15 is 0 Å². The van der Waals surface area contributed by atoms with E-state index in [9.17, 15) is 0 Å². The van der Waals surface area contributed by atoms with Crippen molar-refractivity contribution in [1.29, 1.82) is 0 Å². The predicted octanol–water partition coefficient (Wildman–Crippen LogP) is 7.17. The fraction of sp³-hybridized carbons (Fsp3) is 0.727. The summed E-state index contributed by atoms with van der Waals surface area (Å²) in [5.74, 6) is 1.36. The van der Waals surface area contributed by atoms with Gasteiger partial charge in [0.15, 0.2) is 0 Å². The third kappa shape index (κ3) is 8.04. The first-order chi connectivity index (χ1) is 13.4. The number of pyridine rings is 1. The van der Waals surface area contributed by atoms with Crippen molar-refractivity contribution in [3.8, 4) is 11.8 Å². The van der Waals surface area contributed by atoms with Gasteiger partial charge in [0.25, 0.3) is 0 Å². The molecule has 0 saturated carbocycles. The zero-order valence-electron chi connectivity index (χ0n) is 17.2. The fourth-order valence-electron chi connectivity index (χ4n) is 3.15. The zero-order chi connectivity index (χ0) is 19.2. The molecule has 0 aliphatic carbocycles. The van der Waals surface area contributed by atoms with Gasteiger partial charge in [-0.3, -0.25) is 0 Å². The molecule has 27 heavy (non-hydrogen) atoms. The van der Waals surface area contributed by atoms with Crippen LogP contribution in [0.4, 0.5) is 0 Å². The SMILES string of the molecule is CCCCCCCCOc1nccc2snc(OCCCCCCCC)c12. The lowest BCUT2D eigenvalue weighted by atomic mass is 10.1. The summed E-state index contributed by atoms with van der Waals surface area (Å²) in [6.45, 7) is 5.93. The summed E-state index contributed by atoms with van der Waals surface area (Å²) in [5.41, 5.74) is 0. The highest BCUT2D eigenvalue weighted by Gasteiger charge is 2.14. The number of hydrogen-bond acceptors (Lipinski definition) is 5. The van der Waals surface area contributed by atoms with Crippen molar-refractivity contribution < 1.29 is 9.47 Å². The van der Waals surface area contributed by atoms with E-state index in [-0.39, 0.29) is 0 Å². The van der Waals surface area contributed by atoms with Gasteiger partial charge in [-0.15, -0.1) is 0 Å². The van der Waals surface area contributed by atoms with E-state index in [1.807, 2.05) is 6.07 Å². The van der Waals surface area contributed by atoms with Crippen LogP contribution in [0.3, 0.4) is 0 Å². The third-order valence-corrected chi connectivity index (χ3v) is 5.59. The minimum Gasteiger partial charge on any atom is -0.477 e.